The molecule has 0 aliphatic heterocycles. The maximum absolute atomic E-state index is 11.7. The number of nitrogens with zero attached hydrogens (tertiary/aromatic N) is 1. The van der Waals surface area contributed by atoms with Crippen LogP contribution in [0.1, 0.15) is 0 Å². The number of aromatic nitrogens is 1. The molecule has 8 heteroatoms. The maximum atomic E-state index is 11.7. The van der Waals surface area contributed by atoms with Crippen molar-refractivity contribution in [1.82, 2.24) is 4.98 Å². The Labute approximate surface area is 122 Å². The molecule has 1 heterocycles. The lowest BCUT2D eigenvalue weighted by Gasteiger charge is -2.08. The molecule has 0 radical (unpaired) electrons. The molecule has 0 saturated heterocycles. The highest BCUT2D eigenvalue weighted by molar-refractivity contribution is 7.92. The van der Waals surface area contributed by atoms with E-state index in [2.05, 4.69) is 20.3 Å². The first-order valence-corrected chi connectivity index (χ1v) is 7.88. The monoisotopic (exact) mass is 306 g/mol. The molecule has 0 spiro atoms. The second-order valence-electron chi connectivity index (χ2n) is 4.25. The number of carbonyl (C=O) groups is 1. The van der Waals surface area contributed by atoms with Crippen molar-refractivity contribution in [2.45, 2.75) is 0 Å². The third-order valence-corrected chi connectivity index (χ3v) is 2.96. The summed E-state index contributed by atoms with van der Waals surface area (Å²) in [4.78, 5) is 15.7. The van der Waals surface area contributed by atoms with Crippen LogP contribution in [0.5, 0.6) is 0 Å². The van der Waals surface area contributed by atoms with Crippen LogP contribution < -0.4 is 15.4 Å². The molecule has 110 valence electrons. The molecule has 0 atom stereocenters. The Morgan fingerprint density at radius 3 is 2.24 bits per heavy atom. The zero-order chi connectivity index (χ0) is 15.3. The van der Waals surface area contributed by atoms with E-state index in [4.69, 9.17) is 0 Å². The number of urea groups is 1. The first kappa shape index (κ1) is 14.8. The topological polar surface area (TPSA) is 100 Å². The standard InChI is InChI=1S/C13H14N4O3S/c1-21(19,20)17-11-7-5-10(6-8-11)15-13(18)16-12-4-2-3-9-14-12/h2-9,17H,1H3,(H2,14,15,16,18). The molecule has 0 fully saturated rings. The summed E-state index contributed by atoms with van der Waals surface area (Å²) in [6.07, 6.45) is 2.64. The summed E-state index contributed by atoms with van der Waals surface area (Å²) in [5.74, 6) is 0.436. The van der Waals surface area contributed by atoms with Gasteiger partial charge in [-0.05, 0) is 36.4 Å². The molecule has 3 N–H and O–H groups in total. The Balaban J connectivity index is 1.95. The number of rotatable bonds is 4. The van der Waals surface area contributed by atoms with Crippen molar-refractivity contribution in [1.29, 1.82) is 0 Å². The van der Waals surface area contributed by atoms with Crippen molar-refractivity contribution >= 4 is 33.2 Å². The fourth-order valence-electron chi connectivity index (χ4n) is 1.55. The van der Waals surface area contributed by atoms with Crippen LogP contribution in [0, 0.1) is 0 Å². The number of carbonyl (C=O) groups excluding carboxylic acids is 1. The quantitative estimate of drug-likeness (QED) is 0.805. The summed E-state index contributed by atoms with van der Waals surface area (Å²) >= 11 is 0. The second-order valence-corrected chi connectivity index (χ2v) is 5.99. The van der Waals surface area contributed by atoms with Gasteiger partial charge < -0.3 is 5.32 Å². The fourth-order valence-corrected chi connectivity index (χ4v) is 2.12. The van der Waals surface area contributed by atoms with Crippen LogP contribution in [0.15, 0.2) is 48.7 Å². The Morgan fingerprint density at radius 2 is 1.67 bits per heavy atom. The molecular formula is C13H14N4O3S. The van der Waals surface area contributed by atoms with Crippen molar-refractivity contribution in [3.8, 4) is 0 Å². The zero-order valence-electron chi connectivity index (χ0n) is 11.2. The van der Waals surface area contributed by atoms with Crippen molar-refractivity contribution in [2.24, 2.45) is 0 Å². The van der Waals surface area contributed by atoms with Crippen LogP contribution in [0.25, 0.3) is 0 Å². The lowest BCUT2D eigenvalue weighted by atomic mass is 10.3. The smallest absolute Gasteiger partial charge is 0.308 e. The van der Waals surface area contributed by atoms with Gasteiger partial charge in [0.1, 0.15) is 5.82 Å². The van der Waals surface area contributed by atoms with Gasteiger partial charge in [0.05, 0.1) is 6.26 Å². The number of hydrogen-bond acceptors (Lipinski definition) is 4. The van der Waals surface area contributed by atoms with E-state index in [1.165, 1.54) is 0 Å². The van der Waals surface area contributed by atoms with Gasteiger partial charge in [-0.2, -0.15) is 0 Å². The third-order valence-electron chi connectivity index (χ3n) is 2.35. The average Bonchev–Trinajstić information content (AvgIpc) is 2.40. The number of pyridine rings is 1. The predicted molar refractivity (Wildman–Crippen MR) is 81.8 cm³/mol. The van der Waals surface area contributed by atoms with Gasteiger partial charge in [0.15, 0.2) is 0 Å². The van der Waals surface area contributed by atoms with E-state index in [0.717, 1.165) is 6.26 Å². The average molecular weight is 306 g/mol. The number of benzene rings is 1. The Morgan fingerprint density at radius 1 is 1.00 bits per heavy atom. The number of amides is 2. The van der Waals surface area contributed by atoms with Crippen LogP contribution in [0.3, 0.4) is 0 Å². The summed E-state index contributed by atoms with van der Waals surface area (Å²) < 4.78 is 24.5. The normalized spacial score (nSPS) is 10.7. The second kappa shape index (κ2) is 6.23. The summed E-state index contributed by atoms with van der Waals surface area (Å²) in [6, 6.07) is 11.0. The Kier molecular flexibility index (Phi) is 4.39. The van der Waals surface area contributed by atoms with Crippen LogP contribution >= 0.6 is 0 Å². The van der Waals surface area contributed by atoms with E-state index >= 15 is 0 Å². The van der Waals surface area contributed by atoms with Crippen molar-refractivity contribution in [3.05, 3.63) is 48.7 Å². The van der Waals surface area contributed by atoms with Crippen molar-refractivity contribution < 1.29 is 13.2 Å². The molecule has 0 aliphatic rings. The molecule has 0 bridgehead atoms. The van der Waals surface area contributed by atoms with E-state index in [1.54, 1.807) is 48.7 Å². The first-order chi connectivity index (χ1) is 9.92. The summed E-state index contributed by atoms with van der Waals surface area (Å²) in [6.45, 7) is 0. The minimum absolute atomic E-state index is 0.424. The molecule has 2 rings (SSSR count). The van der Waals surface area contributed by atoms with Gasteiger partial charge in [-0.15, -0.1) is 0 Å². The lowest BCUT2D eigenvalue weighted by molar-refractivity contribution is 0.262. The maximum Gasteiger partial charge on any atom is 0.324 e. The SMILES string of the molecule is CS(=O)(=O)Nc1ccc(NC(=O)Nc2ccccn2)cc1. The highest BCUT2D eigenvalue weighted by Crippen LogP contribution is 2.14. The summed E-state index contributed by atoms with van der Waals surface area (Å²) in [7, 11) is -3.31. The van der Waals surface area contributed by atoms with E-state index in [0.29, 0.717) is 17.2 Å². The van der Waals surface area contributed by atoms with E-state index in [-0.39, 0.29) is 0 Å². The lowest BCUT2D eigenvalue weighted by Crippen LogP contribution is -2.20. The van der Waals surface area contributed by atoms with Gasteiger partial charge >= 0.3 is 6.03 Å². The molecule has 2 amide bonds. The minimum atomic E-state index is -3.31. The van der Waals surface area contributed by atoms with Crippen LogP contribution in [0.4, 0.5) is 22.0 Å². The highest BCUT2D eigenvalue weighted by atomic mass is 32.2. The first-order valence-electron chi connectivity index (χ1n) is 5.99. The van der Waals surface area contributed by atoms with Crippen molar-refractivity contribution in [2.75, 3.05) is 21.6 Å². The number of anilines is 3. The molecular weight excluding hydrogens is 292 g/mol. The predicted octanol–water partition coefficient (Wildman–Crippen LogP) is 2.10. The molecule has 21 heavy (non-hydrogen) atoms. The number of nitrogens with one attached hydrogen (secondary N) is 3. The van der Waals surface area contributed by atoms with Gasteiger partial charge in [-0.3, -0.25) is 10.0 Å². The Bertz CT molecular complexity index is 715. The minimum Gasteiger partial charge on any atom is -0.308 e. The van der Waals surface area contributed by atoms with E-state index in [1.807, 2.05) is 0 Å². The molecule has 7 nitrogen and oxygen atoms in total. The molecule has 0 aliphatic carbocycles. The van der Waals surface area contributed by atoms with Crippen LogP contribution in [-0.2, 0) is 10.0 Å². The largest absolute Gasteiger partial charge is 0.324 e. The fraction of sp³-hybridized carbons (Fsp3) is 0.0769. The van der Waals surface area contributed by atoms with Crippen LogP contribution in [-0.4, -0.2) is 25.7 Å². The summed E-state index contributed by atoms with van der Waals surface area (Å²) in [5.41, 5.74) is 0.954. The van der Waals surface area contributed by atoms with Crippen molar-refractivity contribution in [3.63, 3.8) is 0 Å². The van der Waals surface area contributed by atoms with Crippen LogP contribution in [0.2, 0.25) is 0 Å². The Hall–Kier alpha value is -2.61. The molecule has 1 aromatic carbocycles. The third kappa shape index (κ3) is 5.11. The molecule has 2 aromatic rings. The van der Waals surface area contributed by atoms with E-state index < -0.39 is 16.1 Å². The van der Waals surface area contributed by atoms with Gasteiger partial charge in [0, 0.05) is 17.6 Å². The number of sulfonamides is 1. The highest BCUT2D eigenvalue weighted by Gasteiger charge is 2.04. The van der Waals surface area contributed by atoms with E-state index in [9.17, 15) is 13.2 Å². The summed E-state index contributed by atoms with van der Waals surface area (Å²) in [5, 5.41) is 5.18. The molecule has 1 aromatic heterocycles. The molecule has 0 saturated carbocycles. The van der Waals surface area contributed by atoms with Gasteiger partial charge in [0.2, 0.25) is 10.0 Å². The number of hydrogen-bond donors (Lipinski definition) is 3. The van der Waals surface area contributed by atoms with Gasteiger partial charge in [-0.1, -0.05) is 6.07 Å². The van der Waals surface area contributed by atoms with Gasteiger partial charge in [0.25, 0.3) is 0 Å². The zero-order valence-corrected chi connectivity index (χ0v) is 12.0. The van der Waals surface area contributed by atoms with Gasteiger partial charge in [-0.25, -0.2) is 18.2 Å². The molecule has 0 unspecified atom stereocenters.